The lowest BCUT2D eigenvalue weighted by molar-refractivity contribution is -0.571. The standard InChI is InChI=1S/C85H66N4O/c1-80(2,3)58-46-47-86-78(50-58)89-74-45-41-56(57-40-44-72-73(49-57)84(7)71-37-19-18-36-70(71)82(5)67-33-15-14-32-66(67)81(4)68-34-16-17-35-69(68)83(72,6)85(81,82)84)48-65(74)64-43-42-61(52-77(64)89)90-60-29-22-28-59(51-60)87-53-88(76-39-21-20-38-75(76)87)79-62(54-24-10-8-11-25-54)30-23-31-63(79)55-26-12-9-13-27-55/h8-52H,1-7H3/i8D,9D,10D,11D,12D,13D,24D,25D,26D,27D. The first-order valence-electron chi connectivity index (χ1n) is 35.9. The van der Waals surface area contributed by atoms with E-state index in [9.17, 15) is 0 Å². The van der Waals surface area contributed by atoms with E-state index >= 15 is 0 Å². The lowest BCUT2D eigenvalue weighted by Gasteiger charge is -2.57. The summed E-state index contributed by atoms with van der Waals surface area (Å²) in [5.74, 6) is 1.86. The number of aromatic nitrogens is 4. The van der Waals surface area contributed by atoms with Gasteiger partial charge in [-0.2, -0.15) is 0 Å². The first kappa shape index (κ1) is 43.3. The van der Waals surface area contributed by atoms with Crippen LogP contribution in [0.15, 0.2) is 273 Å². The Kier molecular flexibility index (Phi) is 8.84. The van der Waals surface area contributed by atoms with E-state index in [0.29, 0.717) is 28.2 Å². The van der Waals surface area contributed by atoms with Crippen molar-refractivity contribution in [3.8, 4) is 62.1 Å². The third-order valence-electron chi connectivity index (χ3n) is 21.7. The molecule has 0 amide bonds. The maximum Gasteiger partial charge on any atom is 0.269 e. The lowest BCUT2D eigenvalue weighted by Crippen LogP contribution is -2.60. The summed E-state index contributed by atoms with van der Waals surface area (Å²) in [6, 6.07) is 67.3. The molecule has 0 fully saturated rings. The van der Waals surface area contributed by atoms with Crippen LogP contribution in [0.3, 0.4) is 0 Å². The van der Waals surface area contributed by atoms with Gasteiger partial charge in [-0.15, -0.1) is 0 Å². The number of benzene rings is 11. The average Bonchev–Trinajstić information content (AvgIpc) is 1.41. The number of rotatable bonds is 8. The van der Waals surface area contributed by atoms with Gasteiger partial charge in [0.2, 0.25) is 0 Å². The van der Waals surface area contributed by atoms with Crippen molar-refractivity contribution in [2.75, 3.05) is 0 Å². The summed E-state index contributed by atoms with van der Waals surface area (Å²) in [4.78, 5) is 5.09. The molecule has 3 aromatic heterocycles. The van der Waals surface area contributed by atoms with Gasteiger partial charge >= 0.3 is 0 Å². The first-order valence-corrected chi connectivity index (χ1v) is 30.9. The Labute approximate surface area is 539 Å². The van der Waals surface area contributed by atoms with Crippen molar-refractivity contribution in [2.24, 2.45) is 5.41 Å². The second-order valence-electron chi connectivity index (χ2n) is 26.6. The molecular formula is C85H66N4O. The van der Waals surface area contributed by atoms with Crippen molar-refractivity contribution in [1.82, 2.24) is 14.1 Å². The Morgan fingerprint density at radius 1 is 0.444 bits per heavy atom. The average molecular weight is 1170 g/mol. The third kappa shape index (κ3) is 6.51. The van der Waals surface area contributed by atoms with Gasteiger partial charge < -0.3 is 4.74 Å². The Morgan fingerprint density at radius 2 is 0.978 bits per heavy atom. The van der Waals surface area contributed by atoms with Crippen LogP contribution in [-0.4, -0.2) is 14.1 Å². The molecule has 0 aliphatic heterocycles. The normalized spacial score (nSPS) is 23.1. The summed E-state index contributed by atoms with van der Waals surface area (Å²) in [5, 5.41) is 2.09. The number of hydrogen-bond donors (Lipinski definition) is 0. The summed E-state index contributed by atoms with van der Waals surface area (Å²) in [5.41, 5.74) is 16.8. The second-order valence-corrected chi connectivity index (χ2v) is 26.6. The van der Waals surface area contributed by atoms with Crippen LogP contribution in [0.25, 0.3) is 83.4 Å². The van der Waals surface area contributed by atoms with Crippen LogP contribution >= 0.6 is 0 Å². The van der Waals surface area contributed by atoms with E-state index < -0.39 is 65.8 Å². The summed E-state index contributed by atoms with van der Waals surface area (Å²) in [6.45, 7) is 16.9. The molecular weight excluding hydrogens is 1090 g/mol. The van der Waals surface area contributed by atoms with Crippen molar-refractivity contribution in [1.29, 1.82) is 0 Å². The van der Waals surface area contributed by atoms with Crippen molar-refractivity contribution in [2.45, 2.75) is 75.5 Å². The zero-order valence-electron chi connectivity index (χ0n) is 60.9. The van der Waals surface area contributed by atoms with Crippen molar-refractivity contribution >= 4 is 32.8 Å². The highest BCUT2D eigenvalue weighted by atomic mass is 16.5. The van der Waals surface area contributed by atoms with Crippen LogP contribution in [0.5, 0.6) is 11.5 Å². The number of nitrogens with zero attached hydrogens (tertiary/aromatic N) is 4. The number of imidazole rings is 1. The molecule has 0 saturated heterocycles. The van der Waals surface area contributed by atoms with Gasteiger partial charge in [-0.3, -0.25) is 13.7 Å². The van der Waals surface area contributed by atoms with E-state index in [1.807, 2.05) is 65.4 Å². The Bertz CT molecular complexity index is 5820. The van der Waals surface area contributed by atoms with E-state index in [0.717, 1.165) is 44.3 Å². The third-order valence-corrected chi connectivity index (χ3v) is 21.7. The van der Waals surface area contributed by atoms with E-state index in [1.54, 1.807) is 22.8 Å². The Morgan fingerprint density at radius 3 is 1.59 bits per heavy atom. The van der Waals surface area contributed by atoms with E-state index in [2.05, 4.69) is 193 Å². The van der Waals surface area contributed by atoms with Gasteiger partial charge in [0, 0.05) is 50.1 Å². The van der Waals surface area contributed by atoms with Crippen molar-refractivity contribution in [3.05, 3.63) is 329 Å². The molecule has 5 unspecified atom stereocenters. The SMILES string of the molecule is [2H]c1c([2H])c([2H])c(-c2cccc(-c3c([2H])c([2H])c([2H])c([2H])c3[2H])c2-[n+]2[c-]n(-c3cccc(Oc4ccc5c6cc(-c7ccc8c(c7)C7(C)c9ccccc9C9(C)c%10ccccc%10C%10(C)c%11ccccc%11C8(C)C%1097)ccc6n(-c6cc(C(C)(C)C)ccn6)c5c4)c3)c3ccccc32)c([2H])c1[2H]. The molecule has 1 spiro atoms. The Balaban J connectivity index is 0.776. The van der Waals surface area contributed by atoms with Crippen molar-refractivity contribution in [3.63, 3.8) is 0 Å². The van der Waals surface area contributed by atoms with Crippen LogP contribution in [0.1, 0.15) is 112 Å². The first-order chi connectivity index (χ1) is 47.9. The van der Waals surface area contributed by atoms with Crippen LogP contribution in [0.2, 0.25) is 0 Å². The zero-order chi connectivity index (χ0) is 69.4. The molecule has 90 heavy (non-hydrogen) atoms. The highest BCUT2D eigenvalue weighted by molar-refractivity contribution is 6.11. The van der Waals surface area contributed by atoms with E-state index in [4.69, 9.17) is 23.4 Å². The maximum absolute atomic E-state index is 9.17. The molecule has 0 radical (unpaired) electrons. The largest absolute Gasteiger partial charge is 0.458 e. The molecule has 5 heteroatoms. The van der Waals surface area contributed by atoms with Gasteiger partial charge in [-0.05, 0) is 150 Å². The molecule has 3 heterocycles. The molecule has 5 nitrogen and oxygen atoms in total. The molecule has 18 rings (SSSR count). The van der Waals surface area contributed by atoms with Gasteiger partial charge in [0.1, 0.15) is 17.3 Å². The summed E-state index contributed by atoms with van der Waals surface area (Å²) < 4.78 is 101. The van der Waals surface area contributed by atoms with Crippen molar-refractivity contribution < 1.29 is 23.0 Å². The van der Waals surface area contributed by atoms with Gasteiger partial charge in [-0.25, -0.2) is 4.98 Å². The van der Waals surface area contributed by atoms with E-state index in [-0.39, 0.29) is 55.0 Å². The highest BCUT2D eigenvalue weighted by Gasteiger charge is 2.89. The van der Waals surface area contributed by atoms with Crippen LogP contribution < -0.4 is 9.30 Å². The number of ether oxygens (including phenoxy) is 1. The fourth-order valence-electron chi connectivity index (χ4n) is 18.5. The van der Waals surface area contributed by atoms with Crippen LogP contribution in [0.4, 0.5) is 0 Å². The minimum absolute atomic E-state index is 0.134. The molecule has 4 aliphatic carbocycles. The minimum atomic E-state index is -0.570. The summed E-state index contributed by atoms with van der Waals surface area (Å²) in [6.07, 6.45) is 5.40. The molecule has 4 aliphatic rings. The molecule has 5 atom stereocenters. The second kappa shape index (κ2) is 18.4. The molecule has 14 aromatic rings. The lowest BCUT2D eigenvalue weighted by atomic mass is 9.43. The molecule has 432 valence electrons. The molecule has 0 N–H and O–H groups in total. The fourth-order valence-corrected chi connectivity index (χ4v) is 18.5. The number of fused-ring (bicyclic) bond motifs is 16. The quantitative estimate of drug-likeness (QED) is 0.112. The fraction of sp³-hybridized carbons (Fsp3) is 0.153. The monoisotopic (exact) mass is 1170 g/mol. The Hall–Kier alpha value is -10.4. The van der Waals surface area contributed by atoms with Gasteiger partial charge in [-0.1, -0.05) is 248 Å². The molecule has 0 bridgehead atoms. The highest BCUT2D eigenvalue weighted by Crippen LogP contribution is 2.90. The predicted octanol–water partition coefficient (Wildman–Crippen LogP) is 19.9. The number of para-hydroxylation sites is 3. The smallest absolute Gasteiger partial charge is 0.269 e. The number of pyridine rings is 1. The van der Waals surface area contributed by atoms with Crippen LogP contribution in [-0.2, 0) is 27.1 Å². The van der Waals surface area contributed by atoms with Crippen LogP contribution in [0, 0.1) is 11.7 Å². The zero-order valence-corrected chi connectivity index (χ0v) is 50.9. The van der Waals surface area contributed by atoms with Gasteiger partial charge in [0.15, 0.2) is 0 Å². The van der Waals surface area contributed by atoms with E-state index in [1.165, 1.54) is 44.5 Å². The summed E-state index contributed by atoms with van der Waals surface area (Å²) in [7, 11) is 0. The minimum Gasteiger partial charge on any atom is -0.458 e. The maximum atomic E-state index is 9.17. The summed E-state index contributed by atoms with van der Waals surface area (Å²) >= 11 is 0. The van der Waals surface area contributed by atoms with Gasteiger partial charge in [0.25, 0.3) is 6.33 Å². The molecule has 11 aromatic carbocycles. The number of hydrogen-bond acceptors (Lipinski definition) is 2. The predicted molar refractivity (Wildman–Crippen MR) is 365 cm³/mol. The van der Waals surface area contributed by atoms with Gasteiger partial charge in [0.05, 0.1) is 47.1 Å². The topological polar surface area (TPSA) is 35.9 Å². The molecule has 0 saturated carbocycles.